The molecule has 1 N–H and O–H groups in total. The Morgan fingerprint density at radius 3 is 2.52 bits per heavy atom. The van der Waals surface area contributed by atoms with Crippen molar-refractivity contribution >= 4 is 17.5 Å². The lowest BCUT2D eigenvalue weighted by atomic mass is 9.77. The van der Waals surface area contributed by atoms with E-state index >= 15 is 0 Å². The van der Waals surface area contributed by atoms with Crippen LogP contribution in [0.1, 0.15) is 38.2 Å². The Labute approximate surface area is 170 Å². The van der Waals surface area contributed by atoms with E-state index < -0.39 is 5.41 Å². The fourth-order valence-corrected chi connectivity index (χ4v) is 4.10. The monoisotopic (exact) mass is 398 g/mol. The SMILES string of the molecule is CCN(CC(=O)Nc1cccc(OC)c1)C(=O)C1(c2cccc(F)c2)CCCC1. The molecule has 2 amide bonds. The average Bonchev–Trinajstić information content (AvgIpc) is 3.23. The quantitative estimate of drug-likeness (QED) is 0.763. The van der Waals surface area contributed by atoms with Crippen LogP contribution in [-0.4, -0.2) is 36.9 Å². The third-order valence-electron chi connectivity index (χ3n) is 5.60. The molecule has 1 aliphatic carbocycles. The number of hydrogen-bond acceptors (Lipinski definition) is 3. The van der Waals surface area contributed by atoms with Crippen molar-refractivity contribution in [1.82, 2.24) is 4.90 Å². The molecule has 2 aromatic rings. The van der Waals surface area contributed by atoms with E-state index in [0.29, 0.717) is 36.4 Å². The van der Waals surface area contributed by atoms with Crippen LogP contribution < -0.4 is 10.1 Å². The molecule has 6 heteroatoms. The summed E-state index contributed by atoms with van der Waals surface area (Å²) in [6.07, 6.45) is 3.16. The van der Waals surface area contributed by atoms with Crippen molar-refractivity contribution in [2.45, 2.75) is 38.0 Å². The lowest BCUT2D eigenvalue weighted by Gasteiger charge is -2.34. The van der Waals surface area contributed by atoms with Crippen LogP contribution in [0, 0.1) is 5.82 Å². The van der Waals surface area contributed by atoms with Gasteiger partial charge in [-0.15, -0.1) is 0 Å². The first-order chi connectivity index (χ1) is 14.0. The molecule has 0 spiro atoms. The van der Waals surface area contributed by atoms with Crippen molar-refractivity contribution in [3.8, 4) is 5.75 Å². The van der Waals surface area contributed by atoms with Gasteiger partial charge >= 0.3 is 0 Å². The van der Waals surface area contributed by atoms with Gasteiger partial charge in [-0.2, -0.15) is 0 Å². The normalized spacial score (nSPS) is 15.0. The number of halogens is 1. The maximum absolute atomic E-state index is 13.9. The molecule has 5 nitrogen and oxygen atoms in total. The number of hydrogen-bond donors (Lipinski definition) is 1. The van der Waals surface area contributed by atoms with E-state index in [1.165, 1.54) is 12.1 Å². The second-order valence-electron chi connectivity index (χ2n) is 7.40. The fourth-order valence-electron chi connectivity index (χ4n) is 4.10. The van der Waals surface area contributed by atoms with Crippen LogP contribution in [0.25, 0.3) is 0 Å². The molecule has 0 radical (unpaired) electrons. The predicted molar refractivity (Wildman–Crippen MR) is 110 cm³/mol. The number of nitrogens with one attached hydrogen (secondary N) is 1. The number of carbonyl (C=O) groups excluding carboxylic acids is 2. The summed E-state index contributed by atoms with van der Waals surface area (Å²) in [4.78, 5) is 27.7. The van der Waals surface area contributed by atoms with Crippen molar-refractivity contribution in [2.24, 2.45) is 0 Å². The summed E-state index contributed by atoms with van der Waals surface area (Å²) in [5.41, 5.74) is 0.555. The molecule has 1 fully saturated rings. The topological polar surface area (TPSA) is 58.6 Å². The Bertz CT molecular complexity index is 878. The first kappa shape index (κ1) is 20.8. The van der Waals surface area contributed by atoms with Gasteiger partial charge in [-0.05, 0) is 49.6 Å². The van der Waals surface area contributed by atoms with Gasteiger partial charge in [0.25, 0.3) is 0 Å². The number of rotatable bonds is 7. The maximum atomic E-state index is 13.9. The van der Waals surface area contributed by atoms with Crippen LogP contribution in [0.4, 0.5) is 10.1 Å². The zero-order chi connectivity index (χ0) is 20.9. The maximum Gasteiger partial charge on any atom is 0.243 e. The second-order valence-corrected chi connectivity index (χ2v) is 7.40. The van der Waals surface area contributed by atoms with Gasteiger partial charge in [0.1, 0.15) is 11.6 Å². The van der Waals surface area contributed by atoms with Crippen LogP contribution in [0.5, 0.6) is 5.75 Å². The Morgan fingerprint density at radius 2 is 1.86 bits per heavy atom. The minimum absolute atomic E-state index is 0.0520. The number of methoxy groups -OCH3 is 1. The van der Waals surface area contributed by atoms with Crippen molar-refractivity contribution in [3.63, 3.8) is 0 Å². The van der Waals surface area contributed by atoms with E-state index in [4.69, 9.17) is 4.74 Å². The van der Waals surface area contributed by atoms with Crippen LogP contribution >= 0.6 is 0 Å². The van der Waals surface area contributed by atoms with Crippen molar-refractivity contribution in [1.29, 1.82) is 0 Å². The molecule has 0 bridgehead atoms. The van der Waals surface area contributed by atoms with E-state index in [1.807, 2.05) is 13.0 Å². The summed E-state index contributed by atoms with van der Waals surface area (Å²) in [7, 11) is 1.56. The summed E-state index contributed by atoms with van der Waals surface area (Å²) in [6, 6.07) is 13.4. The Hall–Kier alpha value is -2.89. The third-order valence-corrected chi connectivity index (χ3v) is 5.60. The first-order valence-electron chi connectivity index (χ1n) is 9.98. The first-order valence-corrected chi connectivity index (χ1v) is 9.98. The fraction of sp³-hybridized carbons (Fsp3) is 0.391. The Kier molecular flexibility index (Phi) is 6.52. The lowest BCUT2D eigenvalue weighted by molar-refractivity contribution is -0.139. The Balaban J connectivity index is 1.77. The van der Waals surface area contributed by atoms with E-state index in [-0.39, 0.29) is 24.2 Å². The molecular formula is C23H27FN2O3. The number of benzene rings is 2. The molecule has 2 aromatic carbocycles. The molecule has 1 saturated carbocycles. The van der Waals surface area contributed by atoms with Crippen LogP contribution in [0.2, 0.25) is 0 Å². The van der Waals surface area contributed by atoms with Gasteiger partial charge in [-0.3, -0.25) is 9.59 Å². The molecule has 0 saturated heterocycles. The summed E-state index contributed by atoms with van der Waals surface area (Å²) in [6.45, 7) is 2.20. The Morgan fingerprint density at radius 1 is 1.14 bits per heavy atom. The van der Waals surface area contributed by atoms with Crippen LogP contribution in [0.15, 0.2) is 48.5 Å². The number of ether oxygens (including phenoxy) is 1. The minimum atomic E-state index is -0.756. The second kappa shape index (κ2) is 9.07. The smallest absolute Gasteiger partial charge is 0.243 e. The summed E-state index contributed by atoms with van der Waals surface area (Å²) in [5, 5.41) is 2.82. The van der Waals surface area contributed by atoms with Gasteiger partial charge in [0, 0.05) is 18.3 Å². The van der Waals surface area contributed by atoms with Gasteiger partial charge in [0.2, 0.25) is 11.8 Å². The third kappa shape index (κ3) is 4.58. The zero-order valence-electron chi connectivity index (χ0n) is 16.9. The molecule has 0 heterocycles. The summed E-state index contributed by atoms with van der Waals surface area (Å²) in [5.74, 6) is -0.0904. The summed E-state index contributed by atoms with van der Waals surface area (Å²) >= 11 is 0. The number of anilines is 1. The number of amides is 2. The lowest BCUT2D eigenvalue weighted by Crippen LogP contribution is -2.48. The molecule has 1 aliphatic rings. The van der Waals surface area contributed by atoms with Crippen molar-refractivity contribution in [3.05, 3.63) is 59.9 Å². The number of likely N-dealkylation sites (N-methyl/N-ethyl adjacent to an activating group) is 1. The van der Waals surface area contributed by atoms with E-state index in [1.54, 1.807) is 42.3 Å². The minimum Gasteiger partial charge on any atom is -0.497 e. The molecular weight excluding hydrogens is 371 g/mol. The van der Waals surface area contributed by atoms with Crippen molar-refractivity contribution < 1.29 is 18.7 Å². The van der Waals surface area contributed by atoms with Crippen LogP contribution in [-0.2, 0) is 15.0 Å². The van der Waals surface area contributed by atoms with Gasteiger partial charge in [-0.1, -0.05) is 31.0 Å². The van der Waals surface area contributed by atoms with E-state index in [2.05, 4.69) is 5.32 Å². The van der Waals surface area contributed by atoms with Gasteiger partial charge in [-0.25, -0.2) is 4.39 Å². The molecule has 29 heavy (non-hydrogen) atoms. The molecule has 0 aliphatic heterocycles. The van der Waals surface area contributed by atoms with E-state index in [0.717, 1.165) is 12.8 Å². The molecule has 0 unspecified atom stereocenters. The standard InChI is InChI=1S/C23H27FN2O3/c1-3-26(16-21(27)25-19-10-7-11-20(15-19)29-2)22(28)23(12-4-5-13-23)17-8-6-9-18(24)14-17/h6-11,14-15H,3-5,12-13,16H2,1-2H3,(H,25,27). The summed E-state index contributed by atoms with van der Waals surface area (Å²) < 4.78 is 19.0. The van der Waals surface area contributed by atoms with E-state index in [9.17, 15) is 14.0 Å². The largest absolute Gasteiger partial charge is 0.497 e. The predicted octanol–water partition coefficient (Wildman–Crippen LogP) is 4.13. The van der Waals surface area contributed by atoms with Crippen LogP contribution in [0.3, 0.4) is 0 Å². The highest BCUT2D eigenvalue weighted by Gasteiger charge is 2.45. The van der Waals surface area contributed by atoms with Gasteiger partial charge in [0.15, 0.2) is 0 Å². The zero-order valence-corrected chi connectivity index (χ0v) is 16.9. The highest BCUT2D eigenvalue weighted by Crippen LogP contribution is 2.42. The number of nitrogens with zero attached hydrogens (tertiary/aromatic N) is 1. The average molecular weight is 398 g/mol. The molecule has 154 valence electrons. The van der Waals surface area contributed by atoms with Crippen molar-refractivity contribution in [2.75, 3.05) is 25.5 Å². The molecule has 3 rings (SSSR count). The number of carbonyl (C=O) groups is 2. The van der Waals surface area contributed by atoms with Gasteiger partial charge < -0.3 is 15.0 Å². The highest BCUT2D eigenvalue weighted by molar-refractivity contribution is 5.97. The highest BCUT2D eigenvalue weighted by atomic mass is 19.1. The molecule has 0 atom stereocenters. The molecule has 0 aromatic heterocycles. The van der Waals surface area contributed by atoms with Gasteiger partial charge in [0.05, 0.1) is 19.1 Å².